The number of nitrogens with zero attached hydrogens (tertiary/aromatic N) is 1. The molecule has 0 radical (unpaired) electrons. The molecule has 128 valence electrons. The number of benzene rings is 2. The lowest BCUT2D eigenvalue weighted by Crippen LogP contribution is -2.34. The number of rotatable bonds is 7. The molecule has 1 atom stereocenters. The van der Waals surface area contributed by atoms with Gasteiger partial charge in [-0.15, -0.1) is 0 Å². The van der Waals surface area contributed by atoms with Gasteiger partial charge < -0.3 is 10.1 Å². The summed E-state index contributed by atoms with van der Waals surface area (Å²) >= 11 is 0. The van der Waals surface area contributed by atoms with Crippen LogP contribution in [0.1, 0.15) is 34.9 Å². The molecule has 1 aliphatic carbocycles. The van der Waals surface area contributed by atoms with Crippen LogP contribution in [0.5, 0.6) is 5.75 Å². The number of hydrogen-bond donors (Lipinski definition) is 1. The van der Waals surface area contributed by atoms with E-state index in [-0.39, 0.29) is 28.9 Å². The van der Waals surface area contributed by atoms with Crippen molar-refractivity contribution in [3.8, 4) is 5.75 Å². The second-order valence-corrected chi connectivity index (χ2v) is 5.79. The van der Waals surface area contributed by atoms with E-state index in [1.54, 1.807) is 24.3 Å². The number of non-ortho nitro benzene ring substituents is 1. The third-order valence-corrected chi connectivity index (χ3v) is 3.84. The minimum atomic E-state index is -0.943. The highest BCUT2D eigenvalue weighted by atomic mass is 16.6. The second-order valence-electron chi connectivity index (χ2n) is 5.79. The molecule has 25 heavy (non-hydrogen) atoms. The maximum atomic E-state index is 12.5. The molecule has 1 N–H and O–H groups in total. The predicted octanol–water partition coefficient (Wildman–Crippen LogP) is 2.81. The van der Waals surface area contributed by atoms with E-state index in [9.17, 15) is 19.7 Å². The minimum Gasteiger partial charge on any atom is -0.475 e. The molecule has 7 nitrogen and oxygen atoms in total. The summed E-state index contributed by atoms with van der Waals surface area (Å²) in [6, 6.07) is 12.8. The van der Waals surface area contributed by atoms with Gasteiger partial charge in [0.15, 0.2) is 6.29 Å². The first-order valence-corrected chi connectivity index (χ1v) is 7.84. The van der Waals surface area contributed by atoms with Crippen LogP contribution in [0.4, 0.5) is 5.69 Å². The highest BCUT2D eigenvalue weighted by molar-refractivity contribution is 5.84. The number of amides is 1. The largest absolute Gasteiger partial charge is 0.475 e. The molecular weight excluding hydrogens is 324 g/mol. The molecule has 3 rings (SSSR count). The van der Waals surface area contributed by atoms with Crippen LogP contribution in [0.15, 0.2) is 48.5 Å². The molecule has 2 aromatic carbocycles. The molecule has 2 aromatic rings. The van der Waals surface area contributed by atoms with Gasteiger partial charge in [-0.25, -0.2) is 0 Å². The van der Waals surface area contributed by atoms with Gasteiger partial charge in [0.05, 0.1) is 10.5 Å². The molecule has 0 bridgehead atoms. The van der Waals surface area contributed by atoms with E-state index in [1.807, 2.05) is 6.07 Å². The van der Waals surface area contributed by atoms with Crippen LogP contribution in [0, 0.1) is 10.1 Å². The average Bonchev–Trinajstić information content (AvgIpc) is 3.44. The van der Waals surface area contributed by atoms with Crippen molar-refractivity contribution in [3.63, 3.8) is 0 Å². The van der Waals surface area contributed by atoms with Gasteiger partial charge in [-0.1, -0.05) is 30.3 Å². The first-order valence-electron chi connectivity index (χ1n) is 7.84. The summed E-state index contributed by atoms with van der Waals surface area (Å²) in [4.78, 5) is 34.1. The van der Waals surface area contributed by atoms with E-state index in [1.165, 1.54) is 12.1 Å². The molecule has 1 fully saturated rings. The number of carbonyl (C=O) groups excluding carboxylic acids is 2. The molecule has 0 saturated heterocycles. The number of nitrogens with one attached hydrogen (secondary N) is 1. The summed E-state index contributed by atoms with van der Waals surface area (Å²) in [5.41, 5.74) is 0.443. The van der Waals surface area contributed by atoms with E-state index < -0.39 is 11.0 Å². The van der Waals surface area contributed by atoms with E-state index in [4.69, 9.17) is 4.74 Å². The summed E-state index contributed by atoms with van der Waals surface area (Å²) < 4.78 is 5.78. The Morgan fingerprint density at radius 2 is 1.96 bits per heavy atom. The summed E-state index contributed by atoms with van der Waals surface area (Å²) in [5, 5.41) is 13.7. The van der Waals surface area contributed by atoms with Crippen LogP contribution in [0.2, 0.25) is 0 Å². The smallest absolute Gasteiger partial charge is 0.270 e. The van der Waals surface area contributed by atoms with Crippen molar-refractivity contribution in [1.29, 1.82) is 0 Å². The Labute approximate surface area is 143 Å². The van der Waals surface area contributed by atoms with Gasteiger partial charge >= 0.3 is 0 Å². The van der Waals surface area contributed by atoms with Gasteiger partial charge in [-0.2, -0.15) is 0 Å². The van der Waals surface area contributed by atoms with Crippen LogP contribution in [-0.2, 0) is 4.79 Å². The molecule has 0 heterocycles. The fourth-order valence-electron chi connectivity index (χ4n) is 2.38. The second kappa shape index (κ2) is 7.12. The lowest BCUT2D eigenvalue weighted by molar-refractivity contribution is -0.384. The quantitative estimate of drug-likeness (QED) is 0.475. The highest BCUT2D eigenvalue weighted by Gasteiger charge is 2.30. The highest BCUT2D eigenvalue weighted by Crippen LogP contribution is 2.29. The standard InChI is InChI=1S/C18H16N2O5/c21-11-13-10-15(20(23)24)8-9-16(13)25-17(12-4-2-1-3-5-12)18(22)19-14-6-7-14/h1-5,8-11,14,17H,6-7H2,(H,19,22)/t17-/m0/s1. The van der Waals surface area contributed by atoms with Crippen LogP contribution in [0.25, 0.3) is 0 Å². The van der Waals surface area contributed by atoms with Crippen LogP contribution in [0.3, 0.4) is 0 Å². The molecule has 0 aliphatic heterocycles. The summed E-state index contributed by atoms with van der Waals surface area (Å²) in [6.07, 6.45) is 1.40. The van der Waals surface area contributed by atoms with Gasteiger partial charge in [-0.05, 0) is 18.9 Å². The van der Waals surface area contributed by atoms with E-state index in [2.05, 4.69) is 5.32 Å². The first kappa shape index (κ1) is 16.6. The fraction of sp³-hybridized carbons (Fsp3) is 0.222. The van der Waals surface area contributed by atoms with Gasteiger partial charge in [0.1, 0.15) is 5.75 Å². The van der Waals surface area contributed by atoms with Crippen molar-refractivity contribution in [2.45, 2.75) is 25.0 Å². The number of carbonyl (C=O) groups is 2. The number of ether oxygens (including phenoxy) is 1. The number of nitro benzene ring substituents is 1. The molecule has 1 aliphatic rings. The topological polar surface area (TPSA) is 98.5 Å². The van der Waals surface area contributed by atoms with E-state index >= 15 is 0 Å². The Bertz CT molecular complexity index is 802. The zero-order chi connectivity index (χ0) is 17.8. The zero-order valence-electron chi connectivity index (χ0n) is 13.3. The number of hydrogen-bond acceptors (Lipinski definition) is 5. The number of aldehydes is 1. The Morgan fingerprint density at radius 1 is 1.24 bits per heavy atom. The molecule has 0 spiro atoms. The molecule has 7 heteroatoms. The van der Waals surface area contributed by atoms with Gasteiger partial charge in [0.2, 0.25) is 6.10 Å². The molecule has 0 unspecified atom stereocenters. The third kappa shape index (κ3) is 4.00. The minimum absolute atomic E-state index is 0.0225. The molecular formula is C18H16N2O5. The van der Waals surface area contributed by atoms with Crippen molar-refractivity contribution in [1.82, 2.24) is 5.32 Å². The first-order chi connectivity index (χ1) is 12.1. The molecule has 1 amide bonds. The van der Waals surface area contributed by atoms with Crippen LogP contribution < -0.4 is 10.1 Å². The summed E-state index contributed by atoms with van der Waals surface area (Å²) in [6.45, 7) is 0. The third-order valence-electron chi connectivity index (χ3n) is 3.84. The van der Waals surface area contributed by atoms with Crippen molar-refractivity contribution in [2.24, 2.45) is 0 Å². The average molecular weight is 340 g/mol. The maximum absolute atomic E-state index is 12.5. The Kier molecular flexibility index (Phi) is 4.74. The van der Waals surface area contributed by atoms with Crippen molar-refractivity contribution >= 4 is 17.9 Å². The summed E-state index contributed by atoms with van der Waals surface area (Å²) in [5.74, 6) is -0.177. The Hall–Kier alpha value is -3.22. The van der Waals surface area contributed by atoms with Crippen molar-refractivity contribution in [3.05, 3.63) is 69.8 Å². The monoisotopic (exact) mass is 340 g/mol. The Balaban J connectivity index is 1.90. The van der Waals surface area contributed by atoms with Gasteiger partial charge in [0.25, 0.3) is 11.6 Å². The normalized spacial score (nSPS) is 14.4. The predicted molar refractivity (Wildman–Crippen MR) is 89.5 cm³/mol. The van der Waals surface area contributed by atoms with Crippen molar-refractivity contribution in [2.75, 3.05) is 0 Å². The van der Waals surface area contributed by atoms with Gasteiger partial charge in [-0.3, -0.25) is 19.7 Å². The summed E-state index contributed by atoms with van der Waals surface area (Å²) in [7, 11) is 0. The van der Waals surface area contributed by atoms with Crippen LogP contribution >= 0.6 is 0 Å². The zero-order valence-corrected chi connectivity index (χ0v) is 13.3. The van der Waals surface area contributed by atoms with E-state index in [0.29, 0.717) is 11.8 Å². The maximum Gasteiger partial charge on any atom is 0.270 e. The van der Waals surface area contributed by atoms with Crippen molar-refractivity contribution < 1.29 is 19.2 Å². The van der Waals surface area contributed by atoms with Gasteiger partial charge in [0, 0.05) is 23.7 Å². The molecule has 0 aromatic heterocycles. The lowest BCUT2D eigenvalue weighted by Gasteiger charge is -2.20. The fourth-order valence-corrected chi connectivity index (χ4v) is 2.38. The van der Waals surface area contributed by atoms with E-state index in [0.717, 1.165) is 18.9 Å². The van der Waals surface area contributed by atoms with Crippen LogP contribution in [-0.4, -0.2) is 23.2 Å². The molecule has 1 saturated carbocycles. The Morgan fingerprint density at radius 3 is 2.56 bits per heavy atom. The lowest BCUT2D eigenvalue weighted by atomic mass is 10.1. The SMILES string of the molecule is O=Cc1cc([N+](=O)[O-])ccc1O[C@H](C(=O)NC1CC1)c1ccccc1. The number of nitro groups is 1.